The van der Waals surface area contributed by atoms with E-state index in [1.165, 1.54) is 32.0 Å². The van der Waals surface area contributed by atoms with Gasteiger partial charge in [0.25, 0.3) is 5.91 Å². The third-order valence-corrected chi connectivity index (χ3v) is 3.73. The zero-order chi connectivity index (χ0) is 18.0. The van der Waals surface area contributed by atoms with E-state index in [1.54, 1.807) is 30.6 Å². The lowest BCUT2D eigenvalue weighted by molar-refractivity contribution is 0.100. The largest absolute Gasteiger partial charge is 0.321 e. The number of pyridine rings is 2. The molecule has 0 atom stereocenters. The van der Waals surface area contributed by atoms with E-state index in [4.69, 9.17) is 0 Å². The summed E-state index contributed by atoms with van der Waals surface area (Å²) in [5.74, 6) is -0.793. The first-order chi connectivity index (χ1) is 11.9. The Morgan fingerprint density at radius 3 is 2.24 bits per heavy atom. The molecule has 0 saturated carbocycles. The number of Topliss-reactive ketones (excluding diaryl/α,β-unsaturated/α-hetero) is 2. The molecule has 3 aromatic rings. The average Bonchev–Trinajstić information content (AvgIpc) is 2.60. The van der Waals surface area contributed by atoms with Gasteiger partial charge in [-0.25, -0.2) is 4.98 Å². The van der Waals surface area contributed by atoms with Crippen LogP contribution in [0.25, 0.3) is 10.9 Å². The minimum atomic E-state index is -0.422. The van der Waals surface area contributed by atoms with Gasteiger partial charge in [-0.2, -0.15) is 0 Å². The van der Waals surface area contributed by atoms with Gasteiger partial charge in [-0.1, -0.05) is 0 Å². The summed E-state index contributed by atoms with van der Waals surface area (Å²) >= 11 is 0. The van der Waals surface area contributed by atoms with E-state index in [0.29, 0.717) is 22.3 Å². The van der Waals surface area contributed by atoms with Crippen LogP contribution in [0.15, 0.2) is 48.8 Å². The second-order valence-corrected chi connectivity index (χ2v) is 5.63. The summed E-state index contributed by atoms with van der Waals surface area (Å²) in [4.78, 5) is 44.0. The number of anilines is 1. The number of hydrogen-bond acceptors (Lipinski definition) is 5. The third kappa shape index (κ3) is 3.58. The Morgan fingerprint density at radius 2 is 1.60 bits per heavy atom. The van der Waals surface area contributed by atoms with Gasteiger partial charge >= 0.3 is 0 Å². The number of carbonyl (C=O) groups excluding carboxylic acids is 3. The van der Waals surface area contributed by atoms with E-state index in [0.717, 1.165) is 5.39 Å². The zero-order valence-corrected chi connectivity index (χ0v) is 13.7. The van der Waals surface area contributed by atoms with Crippen molar-refractivity contribution in [2.24, 2.45) is 0 Å². The molecule has 0 fully saturated rings. The molecule has 0 aliphatic rings. The lowest BCUT2D eigenvalue weighted by atomic mass is 10.0. The van der Waals surface area contributed by atoms with Crippen molar-refractivity contribution in [2.45, 2.75) is 13.8 Å². The van der Waals surface area contributed by atoms with Crippen LogP contribution < -0.4 is 5.32 Å². The lowest BCUT2D eigenvalue weighted by Gasteiger charge is -2.09. The summed E-state index contributed by atoms with van der Waals surface area (Å²) in [6.07, 6.45) is 3.27. The average molecular weight is 333 g/mol. The van der Waals surface area contributed by atoms with E-state index in [1.807, 2.05) is 0 Å². The SMILES string of the molecule is CC(=O)c1cc(NC(=O)c2ccc3cnccc3n2)cc(C(C)=O)c1. The van der Waals surface area contributed by atoms with Gasteiger partial charge in [0.05, 0.1) is 5.52 Å². The highest BCUT2D eigenvalue weighted by Crippen LogP contribution is 2.18. The Hall–Kier alpha value is -3.41. The number of aromatic nitrogens is 2. The molecule has 0 radical (unpaired) electrons. The molecule has 0 bridgehead atoms. The Morgan fingerprint density at radius 1 is 0.920 bits per heavy atom. The van der Waals surface area contributed by atoms with Gasteiger partial charge in [0.2, 0.25) is 0 Å². The van der Waals surface area contributed by atoms with Gasteiger partial charge in [0.1, 0.15) is 5.69 Å². The van der Waals surface area contributed by atoms with Crippen LogP contribution in [0.1, 0.15) is 45.1 Å². The quantitative estimate of drug-likeness (QED) is 0.740. The third-order valence-electron chi connectivity index (χ3n) is 3.73. The van der Waals surface area contributed by atoms with Crippen LogP contribution in [0.5, 0.6) is 0 Å². The van der Waals surface area contributed by atoms with Crippen molar-refractivity contribution in [3.05, 3.63) is 65.6 Å². The maximum Gasteiger partial charge on any atom is 0.274 e. The lowest BCUT2D eigenvalue weighted by Crippen LogP contribution is -2.14. The van der Waals surface area contributed by atoms with Crippen molar-refractivity contribution in [1.29, 1.82) is 0 Å². The normalized spacial score (nSPS) is 10.5. The van der Waals surface area contributed by atoms with Gasteiger partial charge in [-0.3, -0.25) is 19.4 Å². The fourth-order valence-corrected chi connectivity index (χ4v) is 2.39. The number of fused-ring (bicyclic) bond motifs is 1. The fourth-order valence-electron chi connectivity index (χ4n) is 2.39. The molecule has 3 rings (SSSR count). The zero-order valence-electron chi connectivity index (χ0n) is 13.7. The monoisotopic (exact) mass is 333 g/mol. The van der Waals surface area contributed by atoms with Crippen LogP contribution in [0.4, 0.5) is 5.69 Å². The smallest absolute Gasteiger partial charge is 0.274 e. The van der Waals surface area contributed by atoms with E-state index < -0.39 is 5.91 Å². The van der Waals surface area contributed by atoms with Crippen molar-refractivity contribution < 1.29 is 14.4 Å². The minimum Gasteiger partial charge on any atom is -0.321 e. The summed E-state index contributed by atoms with van der Waals surface area (Å²) in [5.41, 5.74) is 1.99. The fraction of sp³-hybridized carbons (Fsp3) is 0.105. The van der Waals surface area contributed by atoms with Crippen LogP contribution in [0.3, 0.4) is 0 Å². The summed E-state index contributed by atoms with van der Waals surface area (Å²) in [7, 11) is 0. The Labute approximate surface area is 143 Å². The van der Waals surface area contributed by atoms with Gasteiger partial charge in [-0.15, -0.1) is 0 Å². The molecule has 2 heterocycles. The van der Waals surface area contributed by atoms with Crippen LogP contribution in [0, 0.1) is 0 Å². The van der Waals surface area contributed by atoms with Crippen LogP contribution >= 0.6 is 0 Å². The number of amides is 1. The summed E-state index contributed by atoms with van der Waals surface area (Å²) in [6.45, 7) is 2.81. The van der Waals surface area contributed by atoms with Crippen molar-refractivity contribution in [3.63, 3.8) is 0 Å². The first kappa shape index (κ1) is 16.4. The Balaban J connectivity index is 1.93. The van der Waals surface area contributed by atoms with E-state index >= 15 is 0 Å². The van der Waals surface area contributed by atoms with Crippen molar-refractivity contribution in [2.75, 3.05) is 5.32 Å². The molecule has 2 aromatic heterocycles. The maximum atomic E-state index is 12.5. The number of carbonyl (C=O) groups is 3. The minimum absolute atomic E-state index is 0.185. The Kier molecular flexibility index (Phi) is 4.35. The number of nitrogens with one attached hydrogen (secondary N) is 1. The molecule has 0 aliphatic heterocycles. The molecule has 0 unspecified atom stereocenters. The molecular formula is C19H15N3O3. The van der Waals surface area contributed by atoms with E-state index in [-0.39, 0.29) is 17.3 Å². The standard InChI is InChI=1S/C19H15N3O3/c1-11(23)14-7-15(12(2)24)9-16(8-14)21-19(25)18-4-3-13-10-20-6-5-17(13)22-18/h3-10H,1-2H3,(H,21,25). The highest BCUT2D eigenvalue weighted by atomic mass is 16.2. The molecule has 1 N–H and O–H groups in total. The molecule has 1 aromatic carbocycles. The summed E-state index contributed by atoms with van der Waals surface area (Å²) in [6, 6.07) is 9.67. The first-order valence-electron chi connectivity index (χ1n) is 7.63. The molecular weight excluding hydrogens is 318 g/mol. The van der Waals surface area contributed by atoms with Crippen molar-refractivity contribution >= 4 is 34.1 Å². The van der Waals surface area contributed by atoms with Crippen LogP contribution in [-0.2, 0) is 0 Å². The molecule has 1 amide bonds. The van der Waals surface area contributed by atoms with Crippen molar-refractivity contribution in [3.8, 4) is 0 Å². The maximum absolute atomic E-state index is 12.5. The van der Waals surface area contributed by atoms with E-state index in [9.17, 15) is 14.4 Å². The first-order valence-corrected chi connectivity index (χ1v) is 7.63. The van der Waals surface area contributed by atoms with Crippen LogP contribution in [-0.4, -0.2) is 27.4 Å². The number of nitrogens with zero attached hydrogens (tertiary/aromatic N) is 2. The van der Waals surface area contributed by atoms with E-state index in [2.05, 4.69) is 15.3 Å². The predicted molar refractivity (Wildman–Crippen MR) is 93.9 cm³/mol. The molecule has 6 heteroatoms. The molecule has 0 aliphatic carbocycles. The second-order valence-electron chi connectivity index (χ2n) is 5.63. The molecule has 0 saturated heterocycles. The van der Waals surface area contributed by atoms with Gasteiger partial charge in [0.15, 0.2) is 11.6 Å². The number of benzene rings is 1. The Bertz CT molecular complexity index is 979. The van der Waals surface area contributed by atoms with Gasteiger partial charge < -0.3 is 5.32 Å². The predicted octanol–water partition coefficient (Wildman–Crippen LogP) is 3.29. The molecule has 25 heavy (non-hydrogen) atoms. The number of ketones is 2. The highest BCUT2D eigenvalue weighted by Gasteiger charge is 2.12. The number of rotatable bonds is 4. The molecule has 0 spiro atoms. The topological polar surface area (TPSA) is 89.0 Å². The van der Waals surface area contributed by atoms with Gasteiger partial charge in [0, 0.05) is 34.6 Å². The summed E-state index contributed by atoms with van der Waals surface area (Å²) < 4.78 is 0. The second kappa shape index (κ2) is 6.60. The number of hydrogen-bond donors (Lipinski definition) is 1. The van der Waals surface area contributed by atoms with Crippen LogP contribution in [0.2, 0.25) is 0 Å². The summed E-state index contributed by atoms with van der Waals surface area (Å²) in [5, 5.41) is 3.52. The van der Waals surface area contributed by atoms with Gasteiger partial charge in [-0.05, 0) is 50.2 Å². The van der Waals surface area contributed by atoms with Crippen molar-refractivity contribution in [1.82, 2.24) is 9.97 Å². The highest BCUT2D eigenvalue weighted by molar-refractivity contribution is 6.06. The molecule has 6 nitrogen and oxygen atoms in total. The molecule has 124 valence electrons.